The molecule has 1 aliphatic heterocycles. The molecule has 0 radical (unpaired) electrons. The number of amides is 1. The number of carbonyl (C=O) groups excluding carboxylic acids is 1. The molecule has 0 aromatic carbocycles. The number of morpholine rings is 1. The highest BCUT2D eigenvalue weighted by atomic mass is 16.5. The van der Waals surface area contributed by atoms with E-state index >= 15 is 0 Å². The van der Waals surface area contributed by atoms with Crippen molar-refractivity contribution in [3.05, 3.63) is 30.1 Å². The molecule has 2 heterocycles. The van der Waals surface area contributed by atoms with E-state index in [4.69, 9.17) is 4.74 Å². The molecule has 1 saturated heterocycles. The Morgan fingerprint density at radius 1 is 1.53 bits per heavy atom. The quantitative estimate of drug-likeness (QED) is 0.854. The van der Waals surface area contributed by atoms with Crippen LogP contribution >= 0.6 is 0 Å². The first kappa shape index (κ1) is 14.0. The number of pyridine rings is 1. The van der Waals surface area contributed by atoms with Crippen LogP contribution in [0, 0.1) is 0 Å². The monoisotopic (exact) mass is 263 g/mol. The number of hydrogen-bond acceptors (Lipinski definition) is 4. The number of nitrogens with one attached hydrogen (secondary N) is 1. The molecule has 5 heteroatoms. The Kier molecular flexibility index (Phi) is 5.30. The summed E-state index contributed by atoms with van der Waals surface area (Å²) in [6.45, 7) is 5.55. The van der Waals surface area contributed by atoms with Crippen LogP contribution in [0.2, 0.25) is 0 Å². The standard InChI is InChI=1S/C14H21N3O2/c1-2-17(10-12-3-5-15-6-4-12)14(18)9-13-11-19-8-7-16-13/h3-6,13,16H,2,7-11H2,1H3. The van der Waals surface area contributed by atoms with Gasteiger partial charge in [-0.05, 0) is 24.6 Å². The summed E-state index contributed by atoms with van der Waals surface area (Å²) in [5.41, 5.74) is 1.11. The Morgan fingerprint density at radius 2 is 2.32 bits per heavy atom. The molecule has 1 N–H and O–H groups in total. The van der Waals surface area contributed by atoms with Crippen LogP contribution in [-0.4, -0.2) is 48.1 Å². The molecule has 1 aromatic rings. The van der Waals surface area contributed by atoms with E-state index in [0.29, 0.717) is 26.1 Å². The van der Waals surface area contributed by atoms with Crippen LogP contribution < -0.4 is 5.32 Å². The van der Waals surface area contributed by atoms with Crippen molar-refractivity contribution < 1.29 is 9.53 Å². The van der Waals surface area contributed by atoms with Gasteiger partial charge in [-0.1, -0.05) is 0 Å². The summed E-state index contributed by atoms with van der Waals surface area (Å²) in [6.07, 6.45) is 4.01. The van der Waals surface area contributed by atoms with Gasteiger partial charge in [0.15, 0.2) is 0 Å². The molecule has 2 rings (SSSR count). The molecule has 0 aliphatic carbocycles. The van der Waals surface area contributed by atoms with Crippen LogP contribution in [0.3, 0.4) is 0 Å². The van der Waals surface area contributed by atoms with Crippen molar-refractivity contribution >= 4 is 5.91 Å². The number of nitrogens with zero attached hydrogens (tertiary/aromatic N) is 2. The Balaban J connectivity index is 1.87. The Morgan fingerprint density at radius 3 is 2.95 bits per heavy atom. The Hall–Kier alpha value is -1.46. The predicted octanol–water partition coefficient (Wildman–Crippen LogP) is 0.809. The molecule has 0 saturated carbocycles. The summed E-state index contributed by atoms with van der Waals surface area (Å²) in [7, 11) is 0. The molecule has 1 unspecified atom stereocenters. The third-order valence-corrected chi connectivity index (χ3v) is 3.28. The van der Waals surface area contributed by atoms with E-state index in [9.17, 15) is 4.79 Å². The van der Waals surface area contributed by atoms with Gasteiger partial charge in [-0.25, -0.2) is 0 Å². The maximum absolute atomic E-state index is 12.3. The van der Waals surface area contributed by atoms with E-state index in [-0.39, 0.29) is 11.9 Å². The predicted molar refractivity (Wildman–Crippen MR) is 72.6 cm³/mol. The van der Waals surface area contributed by atoms with E-state index in [1.165, 1.54) is 0 Å². The molecule has 5 nitrogen and oxygen atoms in total. The van der Waals surface area contributed by atoms with Gasteiger partial charge in [-0.15, -0.1) is 0 Å². The van der Waals surface area contributed by atoms with E-state index in [1.54, 1.807) is 12.4 Å². The van der Waals surface area contributed by atoms with Crippen molar-refractivity contribution in [3.63, 3.8) is 0 Å². The number of rotatable bonds is 5. The third kappa shape index (κ3) is 4.29. The minimum absolute atomic E-state index is 0.146. The first-order valence-electron chi connectivity index (χ1n) is 6.77. The number of aromatic nitrogens is 1. The lowest BCUT2D eigenvalue weighted by molar-refractivity contribution is -0.132. The van der Waals surface area contributed by atoms with Gasteiger partial charge in [-0.2, -0.15) is 0 Å². The molecule has 1 atom stereocenters. The number of hydrogen-bond donors (Lipinski definition) is 1. The lowest BCUT2D eigenvalue weighted by Gasteiger charge is -2.27. The lowest BCUT2D eigenvalue weighted by Crippen LogP contribution is -2.45. The van der Waals surface area contributed by atoms with Crippen LogP contribution in [-0.2, 0) is 16.1 Å². The summed E-state index contributed by atoms with van der Waals surface area (Å²) in [5.74, 6) is 0.169. The normalized spacial score (nSPS) is 19.1. The first-order chi connectivity index (χ1) is 9.29. The number of ether oxygens (including phenoxy) is 1. The van der Waals surface area contributed by atoms with Crippen molar-refractivity contribution in [2.24, 2.45) is 0 Å². The SMILES string of the molecule is CCN(Cc1ccncc1)C(=O)CC1COCCN1. The van der Waals surface area contributed by atoms with Crippen molar-refractivity contribution in [2.45, 2.75) is 25.9 Å². The second kappa shape index (κ2) is 7.21. The summed E-state index contributed by atoms with van der Waals surface area (Å²) < 4.78 is 5.37. The highest BCUT2D eigenvalue weighted by Gasteiger charge is 2.20. The minimum Gasteiger partial charge on any atom is -0.378 e. The van der Waals surface area contributed by atoms with Gasteiger partial charge in [0, 0.05) is 44.5 Å². The molecule has 104 valence electrons. The zero-order chi connectivity index (χ0) is 13.5. The fourth-order valence-corrected chi connectivity index (χ4v) is 2.18. The van der Waals surface area contributed by atoms with Gasteiger partial charge in [0.2, 0.25) is 5.91 Å². The Bertz CT molecular complexity index is 391. The van der Waals surface area contributed by atoms with Crippen LogP contribution in [0.5, 0.6) is 0 Å². The molecule has 1 aromatic heterocycles. The smallest absolute Gasteiger partial charge is 0.224 e. The van der Waals surface area contributed by atoms with Crippen LogP contribution in [0.25, 0.3) is 0 Å². The Labute approximate surface area is 114 Å². The average Bonchev–Trinajstić information content (AvgIpc) is 2.47. The fourth-order valence-electron chi connectivity index (χ4n) is 2.18. The second-order valence-electron chi connectivity index (χ2n) is 4.69. The fraction of sp³-hybridized carbons (Fsp3) is 0.571. The number of carbonyl (C=O) groups is 1. The summed E-state index contributed by atoms with van der Waals surface area (Å²) in [6, 6.07) is 4.03. The van der Waals surface area contributed by atoms with Crippen molar-refractivity contribution in [2.75, 3.05) is 26.3 Å². The average molecular weight is 263 g/mol. The van der Waals surface area contributed by atoms with Crippen LogP contribution in [0.15, 0.2) is 24.5 Å². The van der Waals surface area contributed by atoms with Crippen molar-refractivity contribution in [1.29, 1.82) is 0 Å². The highest BCUT2D eigenvalue weighted by Crippen LogP contribution is 2.07. The summed E-state index contributed by atoms with van der Waals surface area (Å²) in [4.78, 5) is 18.1. The van der Waals surface area contributed by atoms with Gasteiger partial charge >= 0.3 is 0 Å². The largest absolute Gasteiger partial charge is 0.378 e. The highest BCUT2D eigenvalue weighted by molar-refractivity contribution is 5.76. The second-order valence-corrected chi connectivity index (χ2v) is 4.69. The molecule has 1 aliphatic rings. The maximum atomic E-state index is 12.3. The maximum Gasteiger partial charge on any atom is 0.224 e. The van der Waals surface area contributed by atoms with Gasteiger partial charge < -0.3 is 15.0 Å². The van der Waals surface area contributed by atoms with Crippen molar-refractivity contribution in [3.8, 4) is 0 Å². The van der Waals surface area contributed by atoms with E-state index in [1.807, 2.05) is 24.0 Å². The molecule has 19 heavy (non-hydrogen) atoms. The van der Waals surface area contributed by atoms with Gasteiger partial charge in [0.1, 0.15) is 0 Å². The molecule has 1 fully saturated rings. The van der Waals surface area contributed by atoms with Gasteiger partial charge in [0.05, 0.1) is 13.2 Å². The molecular formula is C14H21N3O2. The topological polar surface area (TPSA) is 54.5 Å². The summed E-state index contributed by atoms with van der Waals surface area (Å²) in [5, 5.41) is 3.31. The van der Waals surface area contributed by atoms with E-state index < -0.39 is 0 Å². The third-order valence-electron chi connectivity index (χ3n) is 3.28. The van der Waals surface area contributed by atoms with Crippen LogP contribution in [0.1, 0.15) is 18.9 Å². The zero-order valence-electron chi connectivity index (χ0n) is 11.3. The molecule has 0 bridgehead atoms. The zero-order valence-corrected chi connectivity index (χ0v) is 11.3. The first-order valence-corrected chi connectivity index (χ1v) is 6.77. The molecular weight excluding hydrogens is 242 g/mol. The van der Waals surface area contributed by atoms with Crippen molar-refractivity contribution in [1.82, 2.24) is 15.2 Å². The van der Waals surface area contributed by atoms with Gasteiger partial charge in [-0.3, -0.25) is 9.78 Å². The van der Waals surface area contributed by atoms with Crippen LogP contribution in [0.4, 0.5) is 0 Å². The van der Waals surface area contributed by atoms with E-state index in [2.05, 4.69) is 10.3 Å². The molecule has 0 spiro atoms. The summed E-state index contributed by atoms with van der Waals surface area (Å²) >= 11 is 0. The minimum atomic E-state index is 0.146. The van der Waals surface area contributed by atoms with Gasteiger partial charge in [0.25, 0.3) is 0 Å². The van der Waals surface area contributed by atoms with E-state index in [0.717, 1.165) is 18.7 Å². The molecule has 1 amide bonds. The lowest BCUT2D eigenvalue weighted by atomic mass is 10.1.